The zero-order valence-electron chi connectivity index (χ0n) is 19.6. The maximum Gasteiger partial charge on any atom is 0.416 e. The molecule has 3 fully saturated rings. The number of aromatic nitrogens is 1. The highest BCUT2D eigenvalue weighted by atomic mass is 32.2. The number of halogens is 3. The molecule has 6 nitrogen and oxygen atoms in total. The van der Waals surface area contributed by atoms with E-state index in [1.54, 1.807) is 13.1 Å². The van der Waals surface area contributed by atoms with E-state index in [1.807, 2.05) is 12.1 Å². The molecular weight excluding hydrogens is 481 g/mol. The summed E-state index contributed by atoms with van der Waals surface area (Å²) in [5, 5.41) is 0. The number of hydrogen-bond acceptors (Lipinski definition) is 6. The Hall–Kier alpha value is -2.17. The van der Waals surface area contributed by atoms with Gasteiger partial charge in [0.2, 0.25) is 0 Å². The smallest absolute Gasteiger partial charge is 0.380 e. The number of hydrogen-bond donors (Lipinski definition) is 0. The van der Waals surface area contributed by atoms with Crippen molar-refractivity contribution in [3.63, 3.8) is 0 Å². The van der Waals surface area contributed by atoms with Gasteiger partial charge in [0.1, 0.15) is 5.82 Å². The summed E-state index contributed by atoms with van der Waals surface area (Å²) in [6.45, 7) is 5.31. The van der Waals surface area contributed by atoms with E-state index >= 15 is 0 Å². The number of rotatable bonds is 4. The fourth-order valence-corrected chi connectivity index (χ4v) is 7.05. The summed E-state index contributed by atoms with van der Waals surface area (Å²) < 4.78 is 76.4. The fourth-order valence-electron chi connectivity index (χ4n) is 5.22. The molecule has 3 saturated heterocycles. The second-order valence-corrected chi connectivity index (χ2v) is 12.7. The van der Waals surface area contributed by atoms with Crippen LogP contribution in [0.5, 0.6) is 0 Å². The summed E-state index contributed by atoms with van der Waals surface area (Å²) in [7, 11) is -4.04. The van der Waals surface area contributed by atoms with Gasteiger partial charge >= 0.3 is 6.18 Å². The van der Waals surface area contributed by atoms with Crippen LogP contribution in [0, 0.1) is 5.41 Å². The molecule has 5 rings (SSSR count). The average Bonchev–Trinajstić information content (AvgIpc) is 2.83. The van der Waals surface area contributed by atoms with Crippen LogP contribution in [0.3, 0.4) is 0 Å². The van der Waals surface area contributed by atoms with E-state index in [2.05, 4.69) is 9.88 Å². The summed E-state index contributed by atoms with van der Waals surface area (Å²) in [6.07, 6.45) is -0.904. The third kappa shape index (κ3) is 4.56. The second kappa shape index (κ2) is 8.74. The molecule has 35 heavy (non-hydrogen) atoms. The van der Waals surface area contributed by atoms with E-state index in [4.69, 9.17) is 9.47 Å². The molecule has 1 spiro atoms. The third-order valence-electron chi connectivity index (χ3n) is 7.79. The third-order valence-corrected chi connectivity index (χ3v) is 10.3. The highest BCUT2D eigenvalue weighted by Gasteiger charge is 2.46. The van der Waals surface area contributed by atoms with Gasteiger partial charge in [0.05, 0.1) is 34.5 Å². The molecule has 2 unspecified atom stereocenters. The Labute approximate surface area is 203 Å². The van der Waals surface area contributed by atoms with Gasteiger partial charge in [-0.25, -0.2) is 13.4 Å². The Bertz CT molecular complexity index is 1170. The topological polar surface area (TPSA) is 68.7 Å². The Kier molecular flexibility index (Phi) is 6.12. The molecule has 0 saturated carbocycles. The number of benzene rings is 1. The minimum absolute atomic E-state index is 0.138. The van der Waals surface area contributed by atoms with E-state index in [0.717, 1.165) is 68.7 Å². The Morgan fingerprint density at radius 1 is 1.09 bits per heavy atom. The van der Waals surface area contributed by atoms with E-state index in [0.29, 0.717) is 5.41 Å². The second-order valence-electron chi connectivity index (χ2n) is 10.2. The van der Waals surface area contributed by atoms with Crippen molar-refractivity contribution < 1.29 is 31.1 Å². The summed E-state index contributed by atoms with van der Waals surface area (Å²) in [5.41, 5.74) is 0.126. The maximum atomic E-state index is 13.5. The molecule has 0 bridgehead atoms. The molecular formula is C25H29F3N2O4S. The molecule has 2 aromatic rings. The van der Waals surface area contributed by atoms with Gasteiger partial charge in [-0.15, -0.1) is 0 Å². The summed E-state index contributed by atoms with van der Waals surface area (Å²) in [6, 6.07) is 7.81. The van der Waals surface area contributed by atoms with Crippen molar-refractivity contribution in [2.24, 2.45) is 5.41 Å². The predicted molar refractivity (Wildman–Crippen MR) is 124 cm³/mol. The first-order valence-electron chi connectivity index (χ1n) is 11.8. The normalized spacial score (nSPS) is 27.0. The lowest BCUT2D eigenvalue weighted by Gasteiger charge is -2.47. The molecule has 0 amide bonds. The minimum Gasteiger partial charge on any atom is -0.380 e. The highest BCUT2D eigenvalue weighted by Crippen LogP contribution is 2.43. The minimum atomic E-state index is -4.61. The lowest BCUT2D eigenvalue weighted by Crippen LogP contribution is -2.51. The standard InChI is InChI=1S/C25H29F3N2O4S/c1-23(35(31,32)20-4-2-3-19(13-20)25(26,27)28)9-12-34-21(14-23)18-5-6-22(29-15-18)30-10-7-24(8-11-30)16-33-17-24/h2-6,13,15,21H,7-12,14,16-17H2,1H3. The predicted octanol–water partition coefficient (Wildman–Crippen LogP) is 4.80. The van der Waals surface area contributed by atoms with Crippen LogP contribution in [-0.2, 0) is 25.5 Å². The molecule has 3 aliphatic heterocycles. The van der Waals surface area contributed by atoms with Gasteiger partial charge in [0.15, 0.2) is 9.84 Å². The zero-order valence-corrected chi connectivity index (χ0v) is 20.4. The van der Waals surface area contributed by atoms with Crippen LogP contribution in [0.25, 0.3) is 0 Å². The van der Waals surface area contributed by atoms with Crippen LogP contribution in [0.15, 0.2) is 47.5 Å². The van der Waals surface area contributed by atoms with Crippen molar-refractivity contribution in [2.75, 3.05) is 37.8 Å². The average molecular weight is 511 g/mol. The molecule has 1 aromatic heterocycles. The number of ether oxygens (including phenoxy) is 2. The summed E-state index contributed by atoms with van der Waals surface area (Å²) in [5.74, 6) is 0.874. The number of anilines is 1. The molecule has 2 atom stereocenters. The van der Waals surface area contributed by atoms with Crippen LogP contribution >= 0.6 is 0 Å². The van der Waals surface area contributed by atoms with Crippen molar-refractivity contribution in [2.45, 2.75) is 54.5 Å². The first-order chi connectivity index (χ1) is 16.5. The summed E-state index contributed by atoms with van der Waals surface area (Å²) >= 11 is 0. The fraction of sp³-hybridized carbons (Fsp3) is 0.560. The molecule has 4 heterocycles. The quantitative estimate of drug-likeness (QED) is 0.589. The summed E-state index contributed by atoms with van der Waals surface area (Å²) in [4.78, 5) is 6.55. The molecule has 0 N–H and O–H groups in total. The van der Waals surface area contributed by atoms with Gasteiger partial charge < -0.3 is 14.4 Å². The van der Waals surface area contributed by atoms with Gasteiger partial charge in [-0.1, -0.05) is 12.1 Å². The van der Waals surface area contributed by atoms with Crippen molar-refractivity contribution in [3.05, 3.63) is 53.7 Å². The molecule has 190 valence electrons. The maximum absolute atomic E-state index is 13.5. The van der Waals surface area contributed by atoms with Crippen LogP contribution < -0.4 is 4.90 Å². The van der Waals surface area contributed by atoms with Gasteiger partial charge in [-0.3, -0.25) is 0 Å². The van der Waals surface area contributed by atoms with Gasteiger partial charge in [0.25, 0.3) is 0 Å². The first-order valence-corrected chi connectivity index (χ1v) is 13.3. The Balaban J connectivity index is 1.31. The lowest BCUT2D eigenvalue weighted by atomic mass is 9.77. The van der Waals surface area contributed by atoms with Crippen LogP contribution in [0.1, 0.15) is 49.8 Å². The van der Waals surface area contributed by atoms with Gasteiger partial charge in [-0.05, 0) is 62.4 Å². The molecule has 1 aromatic carbocycles. The van der Waals surface area contributed by atoms with Crippen LogP contribution in [0.2, 0.25) is 0 Å². The van der Waals surface area contributed by atoms with E-state index in [-0.39, 0.29) is 24.3 Å². The van der Waals surface area contributed by atoms with E-state index in [1.165, 1.54) is 6.07 Å². The Morgan fingerprint density at radius 2 is 1.83 bits per heavy atom. The van der Waals surface area contributed by atoms with Gasteiger partial charge in [-0.2, -0.15) is 13.2 Å². The molecule has 3 aliphatic rings. The Morgan fingerprint density at radius 3 is 2.43 bits per heavy atom. The van der Waals surface area contributed by atoms with Gasteiger partial charge in [0, 0.05) is 31.3 Å². The van der Waals surface area contributed by atoms with Crippen LogP contribution in [0.4, 0.5) is 19.0 Å². The largest absolute Gasteiger partial charge is 0.416 e. The van der Waals surface area contributed by atoms with E-state index in [9.17, 15) is 21.6 Å². The number of pyridine rings is 1. The number of sulfone groups is 1. The van der Waals surface area contributed by atoms with E-state index < -0.39 is 32.4 Å². The number of nitrogens with zero attached hydrogens (tertiary/aromatic N) is 2. The van der Waals surface area contributed by atoms with Crippen molar-refractivity contribution >= 4 is 15.7 Å². The first kappa shape index (κ1) is 24.5. The lowest BCUT2D eigenvalue weighted by molar-refractivity contribution is -0.137. The monoisotopic (exact) mass is 510 g/mol. The SMILES string of the molecule is CC1(S(=O)(=O)c2cccc(C(F)(F)F)c2)CCOC(c2ccc(N3CCC4(CC3)COC4)nc2)C1. The number of piperidine rings is 1. The molecule has 0 radical (unpaired) electrons. The molecule has 0 aliphatic carbocycles. The number of alkyl halides is 3. The van der Waals surface area contributed by atoms with Crippen molar-refractivity contribution in [1.29, 1.82) is 0 Å². The van der Waals surface area contributed by atoms with Crippen molar-refractivity contribution in [1.82, 2.24) is 4.98 Å². The zero-order chi connectivity index (χ0) is 24.9. The van der Waals surface area contributed by atoms with Crippen LogP contribution in [-0.4, -0.2) is 51.1 Å². The molecule has 10 heteroatoms. The van der Waals surface area contributed by atoms with Crippen molar-refractivity contribution in [3.8, 4) is 0 Å². The highest BCUT2D eigenvalue weighted by molar-refractivity contribution is 7.92.